The lowest BCUT2D eigenvalue weighted by Crippen LogP contribution is -2.60. The van der Waals surface area contributed by atoms with Crippen LogP contribution >= 0.6 is 0 Å². The Kier molecular flexibility index (Phi) is 5.49. The van der Waals surface area contributed by atoms with Crippen molar-refractivity contribution in [2.75, 3.05) is 31.7 Å². The Bertz CT molecular complexity index is 471. The zero-order chi connectivity index (χ0) is 15.4. The fourth-order valence-electron chi connectivity index (χ4n) is 1.64. The van der Waals surface area contributed by atoms with Gasteiger partial charge in [-0.1, -0.05) is 0 Å². The van der Waals surface area contributed by atoms with Crippen molar-refractivity contribution >= 4 is 21.7 Å². The molecule has 0 bridgehead atoms. The predicted molar refractivity (Wildman–Crippen MR) is 71.1 cm³/mol. The maximum absolute atomic E-state index is 11.6. The number of sulfone groups is 1. The molecule has 1 fully saturated rings. The third-order valence-electron chi connectivity index (χ3n) is 2.96. The molecule has 0 aromatic rings. The fraction of sp³-hybridized carbons (Fsp3) is 0.818. The van der Waals surface area contributed by atoms with Crippen LogP contribution in [0.15, 0.2) is 0 Å². The van der Waals surface area contributed by atoms with E-state index >= 15 is 0 Å². The summed E-state index contributed by atoms with van der Waals surface area (Å²) >= 11 is 0. The number of ether oxygens (including phenoxy) is 1. The number of carboxylic acid groups (broad SMARTS) is 1. The molecule has 1 atom stereocenters. The number of aliphatic carboxylic acids is 1. The SMILES string of the molecule is CC1(OCC(=O)NC(CCS(C)(=O)=O)C(=O)O)CNC1. The Morgan fingerprint density at radius 2 is 2.05 bits per heavy atom. The van der Waals surface area contributed by atoms with Gasteiger partial charge in [-0.05, 0) is 13.3 Å². The molecule has 0 aliphatic carbocycles. The molecule has 116 valence electrons. The second kappa shape index (κ2) is 6.51. The van der Waals surface area contributed by atoms with E-state index in [1.54, 1.807) is 0 Å². The molecule has 8 nitrogen and oxygen atoms in total. The van der Waals surface area contributed by atoms with Gasteiger partial charge in [-0.25, -0.2) is 13.2 Å². The zero-order valence-electron chi connectivity index (χ0n) is 11.5. The highest BCUT2D eigenvalue weighted by atomic mass is 32.2. The summed E-state index contributed by atoms with van der Waals surface area (Å²) in [4.78, 5) is 22.6. The average molecular weight is 308 g/mol. The van der Waals surface area contributed by atoms with E-state index in [1.165, 1.54) is 0 Å². The first-order valence-corrected chi connectivity index (χ1v) is 8.22. The van der Waals surface area contributed by atoms with Crippen LogP contribution in [0.2, 0.25) is 0 Å². The number of carbonyl (C=O) groups is 2. The minimum atomic E-state index is -3.27. The second-order valence-corrected chi connectivity index (χ2v) is 7.48. The zero-order valence-corrected chi connectivity index (χ0v) is 12.3. The Hall–Kier alpha value is -1.19. The lowest BCUT2D eigenvalue weighted by atomic mass is 10.0. The van der Waals surface area contributed by atoms with Gasteiger partial charge in [0.05, 0.1) is 11.4 Å². The maximum Gasteiger partial charge on any atom is 0.326 e. The molecule has 9 heteroatoms. The van der Waals surface area contributed by atoms with Crippen LogP contribution in [0.25, 0.3) is 0 Å². The topological polar surface area (TPSA) is 122 Å². The van der Waals surface area contributed by atoms with Crippen LogP contribution in [0, 0.1) is 0 Å². The number of nitrogens with one attached hydrogen (secondary N) is 2. The minimum Gasteiger partial charge on any atom is -0.480 e. The largest absolute Gasteiger partial charge is 0.480 e. The van der Waals surface area contributed by atoms with Gasteiger partial charge < -0.3 is 20.5 Å². The fourth-order valence-corrected chi connectivity index (χ4v) is 2.31. The van der Waals surface area contributed by atoms with Crippen LogP contribution in [0.4, 0.5) is 0 Å². The number of hydrogen-bond acceptors (Lipinski definition) is 6. The summed E-state index contributed by atoms with van der Waals surface area (Å²) in [5.74, 6) is -2.13. The Labute approximate surface area is 117 Å². The first kappa shape index (κ1) is 16.9. The lowest BCUT2D eigenvalue weighted by molar-refractivity contribution is -0.145. The predicted octanol–water partition coefficient (Wildman–Crippen LogP) is -1.63. The third-order valence-corrected chi connectivity index (χ3v) is 3.94. The van der Waals surface area contributed by atoms with Crippen LogP contribution in [-0.4, -0.2) is 68.7 Å². The quantitative estimate of drug-likeness (QED) is 0.492. The molecule has 1 heterocycles. The van der Waals surface area contributed by atoms with Gasteiger partial charge in [-0.15, -0.1) is 0 Å². The van der Waals surface area contributed by atoms with Crippen LogP contribution < -0.4 is 10.6 Å². The van der Waals surface area contributed by atoms with Crippen LogP contribution in [0.3, 0.4) is 0 Å². The van der Waals surface area contributed by atoms with E-state index in [0.29, 0.717) is 13.1 Å². The van der Waals surface area contributed by atoms with E-state index in [0.717, 1.165) is 6.26 Å². The standard InChI is InChI=1S/C11H20N2O6S/c1-11(6-12-7-11)19-5-9(14)13-8(10(15)16)3-4-20(2,17)18/h8,12H,3-7H2,1-2H3,(H,13,14)(H,15,16). The first-order valence-electron chi connectivity index (χ1n) is 6.16. The Balaban J connectivity index is 2.40. The highest BCUT2D eigenvalue weighted by molar-refractivity contribution is 7.90. The van der Waals surface area contributed by atoms with E-state index in [1.807, 2.05) is 6.92 Å². The summed E-state index contributed by atoms with van der Waals surface area (Å²) in [5, 5.41) is 14.2. The van der Waals surface area contributed by atoms with Crippen molar-refractivity contribution in [3.8, 4) is 0 Å². The Morgan fingerprint density at radius 1 is 1.45 bits per heavy atom. The Morgan fingerprint density at radius 3 is 2.45 bits per heavy atom. The van der Waals surface area contributed by atoms with E-state index < -0.39 is 33.4 Å². The third kappa shape index (κ3) is 5.85. The molecule has 0 spiro atoms. The van der Waals surface area contributed by atoms with E-state index in [2.05, 4.69) is 10.6 Å². The van der Waals surface area contributed by atoms with Crippen LogP contribution in [-0.2, 0) is 24.2 Å². The van der Waals surface area contributed by atoms with Gasteiger partial charge >= 0.3 is 5.97 Å². The van der Waals surface area contributed by atoms with Gasteiger partial charge in [0, 0.05) is 19.3 Å². The molecule has 0 aromatic carbocycles. The van der Waals surface area contributed by atoms with Crippen molar-refractivity contribution in [3.63, 3.8) is 0 Å². The van der Waals surface area contributed by atoms with E-state index in [4.69, 9.17) is 9.84 Å². The van der Waals surface area contributed by atoms with Gasteiger partial charge in [-0.2, -0.15) is 0 Å². The summed E-state index contributed by atoms with van der Waals surface area (Å²) in [7, 11) is -3.27. The molecule has 1 rings (SSSR count). The van der Waals surface area contributed by atoms with Crippen molar-refractivity contribution in [1.82, 2.24) is 10.6 Å². The second-order valence-electron chi connectivity index (χ2n) is 5.22. The van der Waals surface area contributed by atoms with Gasteiger partial charge in [-0.3, -0.25) is 4.79 Å². The summed E-state index contributed by atoms with van der Waals surface area (Å²) in [6, 6.07) is -1.23. The summed E-state index contributed by atoms with van der Waals surface area (Å²) in [5.41, 5.74) is -0.400. The number of carboxylic acids is 1. The molecule has 20 heavy (non-hydrogen) atoms. The van der Waals surface area contributed by atoms with Gasteiger partial charge in [0.1, 0.15) is 22.5 Å². The lowest BCUT2D eigenvalue weighted by Gasteiger charge is -2.38. The van der Waals surface area contributed by atoms with E-state index in [9.17, 15) is 18.0 Å². The average Bonchev–Trinajstić information content (AvgIpc) is 2.27. The number of carbonyl (C=O) groups excluding carboxylic acids is 1. The van der Waals surface area contributed by atoms with Crippen LogP contribution in [0.1, 0.15) is 13.3 Å². The number of rotatable bonds is 8. The van der Waals surface area contributed by atoms with E-state index in [-0.39, 0.29) is 18.8 Å². The van der Waals surface area contributed by atoms with Crippen molar-refractivity contribution in [1.29, 1.82) is 0 Å². The minimum absolute atomic E-state index is 0.168. The molecule has 0 aromatic heterocycles. The summed E-state index contributed by atoms with van der Waals surface area (Å²) in [6.07, 6.45) is 0.847. The number of amides is 1. The van der Waals surface area contributed by atoms with Gasteiger partial charge in [0.15, 0.2) is 0 Å². The highest BCUT2D eigenvalue weighted by Gasteiger charge is 2.33. The number of hydrogen-bond donors (Lipinski definition) is 3. The molecular weight excluding hydrogens is 288 g/mol. The van der Waals surface area contributed by atoms with Crippen molar-refractivity contribution in [2.45, 2.75) is 25.0 Å². The molecule has 1 aliphatic heterocycles. The molecule has 1 saturated heterocycles. The van der Waals surface area contributed by atoms with Crippen molar-refractivity contribution in [3.05, 3.63) is 0 Å². The molecule has 1 aliphatic rings. The molecule has 3 N–H and O–H groups in total. The summed E-state index contributed by atoms with van der Waals surface area (Å²) < 4.78 is 27.4. The molecular formula is C11H20N2O6S. The smallest absolute Gasteiger partial charge is 0.326 e. The summed E-state index contributed by atoms with van der Waals surface area (Å²) in [6.45, 7) is 2.86. The monoisotopic (exact) mass is 308 g/mol. The molecule has 0 saturated carbocycles. The first-order chi connectivity index (χ1) is 9.11. The normalized spacial score (nSPS) is 18.9. The van der Waals surface area contributed by atoms with Gasteiger partial charge in [0.2, 0.25) is 5.91 Å². The molecule has 1 amide bonds. The maximum atomic E-state index is 11.6. The van der Waals surface area contributed by atoms with Gasteiger partial charge in [0.25, 0.3) is 0 Å². The van der Waals surface area contributed by atoms with Crippen molar-refractivity contribution < 1.29 is 27.9 Å². The molecule has 0 radical (unpaired) electrons. The van der Waals surface area contributed by atoms with Crippen LogP contribution in [0.5, 0.6) is 0 Å². The highest BCUT2D eigenvalue weighted by Crippen LogP contribution is 2.14. The van der Waals surface area contributed by atoms with Crippen molar-refractivity contribution in [2.24, 2.45) is 0 Å². The molecule has 1 unspecified atom stereocenters.